The molecular weight excluding hydrogens is 414 g/mol. The maximum absolute atomic E-state index is 13.8. The molecule has 6 nitrogen and oxygen atoms in total. The van der Waals surface area contributed by atoms with Gasteiger partial charge >= 0.3 is 6.18 Å². The van der Waals surface area contributed by atoms with Crippen LogP contribution in [0.5, 0.6) is 0 Å². The Morgan fingerprint density at radius 1 is 1.28 bits per heavy atom. The van der Waals surface area contributed by atoms with Crippen molar-refractivity contribution in [2.45, 2.75) is 32.6 Å². The molecule has 2 aromatic heterocycles. The number of nitrogens with one attached hydrogen (secondary N) is 1. The number of hydrogen-bond donors (Lipinski definition) is 1. The molecule has 0 aliphatic rings. The smallest absolute Gasteiger partial charge is 0.306 e. The van der Waals surface area contributed by atoms with Gasteiger partial charge in [0.05, 0.1) is 6.54 Å². The average Bonchev–Trinajstić information content (AvgIpc) is 3.19. The standard InChI is InChI=1S/C18H16ClF4N5O/c1-10-7-15(18(21,22)23)25-28(10)11(2)17(29)24-16-13(19)9-27(26-16)8-12-5-3-4-6-14(12)20/h3-7,9,11H,8H2,1-2H3,(H,24,26,29). The van der Waals surface area contributed by atoms with E-state index in [0.717, 1.165) is 10.7 Å². The Morgan fingerprint density at radius 3 is 2.59 bits per heavy atom. The summed E-state index contributed by atoms with van der Waals surface area (Å²) >= 11 is 6.08. The van der Waals surface area contributed by atoms with Crippen molar-refractivity contribution in [2.24, 2.45) is 0 Å². The molecule has 2 heterocycles. The quantitative estimate of drug-likeness (QED) is 0.609. The number of aromatic nitrogens is 4. The SMILES string of the molecule is Cc1cc(C(F)(F)F)nn1C(C)C(=O)Nc1nn(Cc2ccccc2F)cc1Cl. The third-order valence-electron chi connectivity index (χ3n) is 4.21. The summed E-state index contributed by atoms with van der Waals surface area (Å²) in [5, 5.41) is 10.1. The number of halogens is 5. The van der Waals surface area contributed by atoms with E-state index in [1.54, 1.807) is 18.2 Å². The van der Waals surface area contributed by atoms with Crippen LogP contribution in [0, 0.1) is 12.7 Å². The molecule has 3 rings (SSSR count). The van der Waals surface area contributed by atoms with Crippen molar-refractivity contribution in [2.75, 3.05) is 5.32 Å². The number of nitrogens with zero attached hydrogens (tertiary/aromatic N) is 4. The van der Waals surface area contributed by atoms with Gasteiger partial charge in [0.25, 0.3) is 0 Å². The first kappa shape index (κ1) is 20.8. The minimum Gasteiger partial charge on any atom is -0.306 e. The summed E-state index contributed by atoms with van der Waals surface area (Å²) in [6.45, 7) is 2.91. The van der Waals surface area contributed by atoms with Crippen LogP contribution >= 0.6 is 11.6 Å². The van der Waals surface area contributed by atoms with Crippen LogP contribution in [0.3, 0.4) is 0 Å². The van der Waals surface area contributed by atoms with Crippen LogP contribution in [0.2, 0.25) is 5.02 Å². The van der Waals surface area contributed by atoms with Gasteiger partial charge in [-0.05, 0) is 26.0 Å². The number of hydrogen-bond acceptors (Lipinski definition) is 3. The number of anilines is 1. The normalized spacial score (nSPS) is 12.8. The monoisotopic (exact) mass is 429 g/mol. The fourth-order valence-electron chi connectivity index (χ4n) is 2.71. The first-order valence-electron chi connectivity index (χ1n) is 8.47. The summed E-state index contributed by atoms with van der Waals surface area (Å²) in [6, 6.07) is 5.95. The van der Waals surface area contributed by atoms with Crippen LogP contribution < -0.4 is 5.32 Å². The molecule has 3 aromatic rings. The van der Waals surface area contributed by atoms with Crippen molar-refractivity contribution < 1.29 is 22.4 Å². The summed E-state index contributed by atoms with van der Waals surface area (Å²) in [4.78, 5) is 12.5. The molecular formula is C18H16ClF4N5O. The van der Waals surface area contributed by atoms with Gasteiger partial charge in [-0.25, -0.2) is 4.39 Å². The van der Waals surface area contributed by atoms with Crippen LogP contribution in [0.25, 0.3) is 0 Å². The van der Waals surface area contributed by atoms with Crippen LogP contribution in [0.1, 0.15) is 29.9 Å². The van der Waals surface area contributed by atoms with E-state index in [0.29, 0.717) is 5.56 Å². The molecule has 0 spiro atoms. The molecule has 11 heteroatoms. The second kappa shape index (κ2) is 7.86. The predicted octanol–water partition coefficient (Wildman–Crippen LogP) is 4.45. The summed E-state index contributed by atoms with van der Waals surface area (Å²) in [6.07, 6.45) is -3.20. The Kier molecular flexibility index (Phi) is 5.65. The molecule has 1 N–H and O–H groups in total. The van der Waals surface area contributed by atoms with Gasteiger partial charge < -0.3 is 5.32 Å². The molecule has 0 radical (unpaired) electrons. The highest BCUT2D eigenvalue weighted by Crippen LogP contribution is 2.29. The van der Waals surface area contributed by atoms with Crippen molar-refractivity contribution in [1.82, 2.24) is 19.6 Å². The van der Waals surface area contributed by atoms with E-state index in [9.17, 15) is 22.4 Å². The molecule has 154 valence electrons. The van der Waals surface area contributed by atoms with E-state index in [2.05, 4.69) is 15.5 Å². The van der Waals surface area contributed by atoms with Gasteiger partial charge in [0.1, 0.15) is 16.9 Å². The molecule has 29 heavy (non-hydrogen) atoms. The van der Waals surface area contributed by atoms with Crippen LogP contribution in [-0.2, 0) is 17.5 Å². The molecule has 1 atom stereocenters. The summed E-state index contributed by atoms with van der Waals surface area (Å²) < 4.78 is 54.6. The lowest BCUT2D eigenvalue weighted by Crippen LogP contribution is -2.26. The summed E-state index contributed by atoms with van der Waals surface area (Å²) in [5.74, 6) is -1.04. The van der Waals surface area contributed by atoms with Crippen molar-refractivity contribution >= 4 is 23.3 Å². The van der Waals surface area contributed by atoms with Crippen molar-refractivity contribution in [3.05, 3.63) is 64.3 Å². The zero-order valence-electron chi connectivity index (χ0n) is 15.3. The molecule has 0 aliphatic heterocycles. The van der Waals surface area contributed by atoms with Crippen molar-refractivity contribution in [1.29, 1.82) is 0 Å². The fourth-order valence-corrected chi connectivity index (χ4v) is 2.91. The molecule has 0 saturated heterocycles. The maximum Gasteiger partial charge on any atom is 0.435 e. The van der Waals surface area contributed by atoms with E-state index < -0.39 is 29.6 Å². The molecule has 0 saturated carbocycles. The van der Waals surface area contributed by atoms with E-state index in [4.69, 9.17) is 11.6 Å². The number of amides is 1. The van der Waals surface area contributed by atoms with Gasteiger partial charge in [-0.2, -0.15) is 23.4 Å². The number of alkyl halides is 3. The topological polar surface area (TPSA) is 64.7 Å². The van der Waals surface area contributed by atoms with E-state index in [-0.39, 0.29) is 23.1 Å². The van der Waals surface area contributed by atoms with Crippen molar-refractivity contribution in [3.63, 3.8) is 0 Å². The highest BCUT2D eigenvalue weighted by atomic mass is 35.5. The zero-order valence-corrected chi connectivity index (χ0v) is 16.1. The fraction of sp³-hybridized carbons (Fsp3) is 0.278. The van der Waals surface area contributed by atoms with Gasteiger partial charge in [-0.15, -0.1) is 0 Å². The van der Waals surface area contributed by atoms with Gasteiger partial charge in [-0.1, -0.05) is 29.8 Å². The summed E-state index contributed by atoms with van der Waals surface area (Å²) in [5.41, 5.74) is -0.525. The number of carbonyl (C=O) groups is 1. The van der Waals surface area contributed by atoms with Gasteiger partial charge in [0, 0.05) is 17.5 Å². The maximum atomic E-state index is 13.8. The average molecular weight is 430 g/mol. The minimum atomic E-state index is -4.61. The lowest BCUT2D eigenvalue weighted by atomic mass is 10.2. The first-order valence-corrected chi connectivity index (χ1v) is 8.84. The Balaban J connectivity index is 1.75. The van der Waals surface area contributed by atoms with Gasteiger partial charge in [0.15, 0.2) is 11.5 Å². The number of rotatable bonds is 5. The van der Waals surface area contributed by atoms with Gasteiger partial charge in [0.2, 0.25) is 5.91 Å². The Morgan fingerprint density at radius 2 is 1.97 bits per heavy atom. The Labute approximate surface area is 168 Å². The summed E-state index contributed by atoms with van der Waals surface area (Å²) in [7, 11) is 0. The van der Waals surface area contributed by atoms with Crippen LogP contribution in [0.4, 0.5) is 23.4 Å². The first-order chi connectivity index (χ1) is 13.6. The molecule has 0 aliphatic carbocycles. The van der Waals surface area contributed by atoms with Crippen LogP contribution in [-0.4, -0.2) is 25.5 Å². The number of benzene rings is 1. The van der Waals surface area contributed by atoms with E-state index in [1.165, 1.54) is 30.8 Å². The Hall–Kier alpha value is -2.88. The molecule has 1 unspecified atom stereocenters. The number of carbonyl (C=O) groups excluding carboxylic acids is 1. The van der Waals surface area contributed by atoms with E-state index in [1.807, 2.05) is 0 Å². The third-order valence-corrected chi connectivity index (χ3v) is 4.48. The molecule has 1 aromatic carbocycles. The molecule has 0 fully saturated rings. The highest BCUT2D eigenvalue weighted by Gasteiger charge is 2.35. The van der Waals surface area contributed by atoms with Crippen LogP contribution in [0.15, 0.2) is 36.5 Å². The molecule has 0 bridgehead atoms. The van der Waals surface area contributed by atoms with Gasteiger partial charge in [-0.3, -0.25) is 14.2 Å². The third kappa shape index (κ3) is 4.58. The highest BCUT2D eigenvalue weighted by molar-refractivity contribution is 6.33. The largest absolute Gasteiger partial charge is 0.435 e. The number of aryl methyl sites for hydroxylation is 1. The Bertz CT molecular complexity index is 1040. The lowest BCUT2D eigenvalue weighted by molar-refractivity contribution is -0.141. The lowest BCUT2D eigenvalue weighted by Gasteiger charge is -2.13. The van der Waals surface area contributed by atoms with E-state index >= 15 is 0 Å². The minimum absolute atomic E-state index is 0.0145. The zero-order chi connectivity index (χ0) is 21.3. The van der Waals surface area contributed by atoms with Crippen molar-refractivity contribution in [3.8, 4) is 0 Å². The predicted molar refractivity (Wildman–Crippen MR) is 98.0 cm³/mol. The second-order valence-electron chi connectivity index (χ2n) is 6.39. The second-order valence-corrected chi connectivity index (χ2v) is 6.80. The molecule has 1 amide bonds.